The third-order valence-corrected chi connectivity index (χ3v) is 7.97. The zero-order valence-electron chi connectivity index (χ0n) is 17.8. The van der Waals surface area contributed by atoms with E-state index in [1.54, 1.807) is 0 Å². The summed E-state index contributed by atoms with van der Waals surface area (Å²) in [4.78, 5) is 13.3. The molecule has 1 heterocycles. The molecule has 0 aliphatic heterocycles. The second-order valence-electron chi connectivity index (χ2n) is 9.06. The number of rotatable bonds is 6. The maximum Gasteiger partial charge on any atom is 0.253 e. The fourth-order valence-electron chi connectivity index (χ4n) is 5.42. The Morgan fingerprint density at radius 1 is 1.17 bits per heavy atom. The predicted molar refractivity (Wildman–Crippen MR) is 121 cm³/mol. The number of sulfonamides is 1. The SMILES string of the molecule is Cc1ccc2c(C(=O)NC3CC4CCC(C4)C3)c(C)n(CCNS(C)(=O)=O)c2c1Cl. The summed E-state index contributed by atoms with van der Waals surface area (Å²) >= 11 is 6.64. The van der Waals surface area contributed by atoms with Gasteiger partial charge in [-0.1, -0.05) is 36.6 Å². The molecule has 0 saturated heterocycles. The van der Waals surface area contributed by atoms with Crippen LogP contribution >= 0.6 is 11.6 Å². The maximum atomic E-state index is 13.3. The maximum absolute atomic E-state index is 13.3. The second kappa shape index (κ2) is 8.17. The summed E-state index contributed by atoms with van der Waals surface area (Å²) in [7, 11) is -3.29. The van der Waals surface area contributed by atoms with Gasteiger partial charge in [0, 0.05) is 30.2 Å². The normalized spacial score (nSPS) is 23.8. The molecule has 6 nitrogen and oxygen atoms in total. The lowest BCUT2D eigenvalue weighted by Crippen LogP contribution is -2.39. The molecule has 2 saturated carbocycles. The quantitative estimate of drug-likeness (QED) is 0.701. The van der Waals surface area contributed by atoms with Crippen molar-refractivity contribution < 1.29 is 13.2 Å². The molecule has 1 aromatic carbocycles. The monoisotopic (exact) mass is 451 g/mol. The van der Waals surface area contributed by atoms with Crippen LogP contribution in [0.5, 0.6) is 0 Å². The van der Waals surface area contributed by atoms with Crippen molar-refractivity contribution in [2.45, 2.75) is 58.5 Å². The highest BCUT2D eigenvalue weighted by atomic mass is 35.5. The standard InChI is InChI=1S/C22H30ClN3O3S/c1-13-4-7-18-19(22(27)25-17-11-15-5-6-16(10-15)12-17)14(2)26(21(18)20(13)23)9-8-24-30(3,28)29/h4,7,15-17,24H,5-6,8-12H2,1-3H3,(H,25,27). The molecule has 2 unspecified atom stereocenters. The van der Waals surface area contributed by atoms with E-state index in [9.17, 15) is 13.2 Å². The first-order valence-corrected chi connectivity index (χ1v) is 12.9. The molecule has 0 spiro atoms. The Labute approximate surface area is 183 Å². The van der Waals surface area contributed by atoms with Gasteiger partial charge in [0.25, 0.3) is 5.91 Å². The number of amides is 1. The van der Waals surface area contributed by atoms with Gasteiger partial charge in [-0.05, 0) is 50.5 Å². The molecule has 1 aromatic heterocycles. The van der Waals surface area contributed by atoms with Crippen LogP contribution in [0.25, 0.3) is 10.9 Å². The number of halogens is 1. The molecule has 2 fully saturated rings. The summed E-state index contributed by atoms with van der Waals surface area (Å²) in [6.45, 7) is 4.48. The molecule has 2 atom stereocenters. The molecule has 164 valence electrons. The summed E-state index contributed by atoms with van der Waals surface area (Å²) in [6.07, 6.45) is 7.17. The molecule has 2 aliphatic rings. The van der Waals surface area contributed by atoms with Gasteiger partial charge in [0.2, 0.25) is 10.0 Å². The van der Waals surface area contributed by atoms with Crippen molar-refractivity contribution in [1.82, 2.24) is 14.6 Å². The van der Waals surface area contributed by atoms with Crippen molar-refractivity contribution in [3.8, 4) is 0 Å². The molecular weight excluding hydrogens is 422 g/mol. The average molecular weight is 452 g/mol. The smallest absolute Gasteiger partial charge is 0.253 e. The number of benzene rings is 1. The molecule has 4 rings (SSSR count). The van der Waals surface area contributed by atoms with Gasteiger partial charge in [0.05, 0.1) is 22.4 Å². The van der Waals surface area contributed by atoms with E-state index in [0.29, 0.717) is 17.1 Å². The van der Waals surface area contributed by atoms with Crippen molar-refractivity contribution in [3.63, 3.8) is 0 Å². The summed E-state index contributed by atoms with van der Waals surface area (Å²) in [5.74, 6) is 1.44. The number of nitrogens with one attached hydrogen (secondary N) is 2. The number of hydrogen-bond acceptors (Lipinski definition) is 3. The van der Waals surface area contributed by atoms with E-state index >= 15 is 0 Å². The zero-order chi connectivity index (χ0) is 21.6. The van der Waals surface area contributed by atoms with Crippen LogP contribution in [0.3, 0.4) is 0 Å². The van der Waals surface area contributed by atoms with Gasteiger partial charge in [0.1, 0.15) is 0 Å². The Bertz CT molecular complexity index is 1080. The zero-order valence-corrected chi connectivity index (χ0v) is 19.4. The summed E-state index contributed by atoms with van der Waals surface area (Å²) in [5.41, 5.74) is 3.17. The lowest BCUT2D eigenvalue weighted by atomic mass is 9.85. The van der Waals surface area contributed by atoms with Crippen molar-refractivity contribution >= 4 is 38.4 Å². The number of aryl methyl sites for hydroxylation is 1. The van der Waals surface area contributed by atoms with Gasteiger partial charge in [-0.2, -0.15) is 0 Å². The largest absolute Gasteiger partial charge is 0.349 e. The fraction of sp³-hybridized carbons (Fsp3) is 0.591. The molecule has 2 bridgehead atoms. The first kappa shape index (κ1) is 21.7. The van der Waals surface area contributed by atoms with Crippen LogP contribution in [-0.4, -0.2) is 37.7 Å². The van der Waals surface area contributed by atoms with E-state index in [4.69, 9.17) is 11.6 Å². The molecule has 2 aliphatic carbocycles. The number of fused-ring (bicyclic) bond motifs is 3. The van der Waals surface area contributed by atoms with Crippen LogP contribution in [0.1, 0.15) is 53.7 Å². The van der Waals surface area contributed by atoms with E-state index < -0.39 is 10.0 Å². The minimum Gasteiger partial charge on any atom is -0.349 e. The number of carbonyl (C=O) groups excluding carboxylic acids is 1. The topological polar surface area (TPSA) is 80.2 Å². The third-order valence-electron chi connectivity index (χ3n) is 6.76. The summed E-state index contributed by atoms with van der Waals surface area (Å²) in [6, 6.07) is 4.11. The van der Waals surface area contributed by atoms with Gasteiger partial charge in [0.15, 0.2) is 0 Å². The van der Waals surface area contributed by atoms with Gasteiger partial charge >= 0.3 is 0 Å². The van der Waals surface area contributed by atoms with Crippen molar-refractivity contribution in [3.05, 3.63) is 34.0 Å². The first-order valence-electron chi connectivity index (χ1n) is 10.7. The highest BCUT2D eigenvalue weighted by molar-refractivity contribution is 7.88. The molecule has 0 radical (unpaired) electrons. The van der Waals surface area contributed by atoms with Gasteiger partial charge in [-0.3, -0.25) is 4.79 Å². The molecule has 2 aromatic rings. The summed E-state index contributed by atoms with van der Waals surface area (Å²) < 4.78 is 27.4. The third kappa shape index (κ3) is 4.25. The van der Waals surface area contributed by atoms with Crippen LogP contribution in [-0.2, 0) is 16.6 Å². The Morgan fingerprint density at radius 3 is 2.47 bits per heavy atom. The number of carbonyl (C=O) groups is 1. The number of aromatic nitrogens is 1. The number of nitrogens with zero attached hydrogens (tertiary/aromatic N) is 1. The van der Waals surface area contributed by atoms with Crippen LogP contribution < -0.4 is 10.0 Å². The Hall–Kier alpha value is -1.57. The Balaban J connectivity index is 1.66. The van der Waals surface area contributed by atoms with Gasteiger partial charge in [-0.15, -0.1) is 0 Å². The highest BCUT2D eigenvalue weighted by Crippen LogP contribution is 2.42. The van der Waals surface area contributed by atoms with Gasteiger partial charge in [-0.25, -0.2) is 13.1 Å². The molecule has 8 heteroatoms. The number of hydrogen-bond donors (Lipinski definition) is 2. The Morgan fingerprint density at radius 2 is 1.83 bits per heavy atom. The molecule has 2 N–H and O–H groups in total. The van der Waals surface area contributed by atoms with E-state index in [1.165, 1.54) is 19.3 Å². The van der Waals surface area contributed by atoms with E-state index in [-0.39, 0.29) is 18.5 Å². The second-order valence-corrected chi connectivity index (χ2v) is 11.3. The Kier molecular flexibility index (Phi) is 5.90. The predicted octanol–water partition coefficient (Wildman–Crippen LogP) is 3.77. The van der Waals surface area contributed by atoms with Crippen LogP contribution in [0.4, 0.5) is 0 Å². The van der Waals surface area contributed by atoms with Crippen molar-refractivity contribution in [2.24, 2.45) is 11.8 Å². The van der Waals surface area contributed by atoms with Crippen molar-refractivity contribution in [2.75, 3.05) is 12.8 Å². The molecule has 1 amide bonds. The van der Waals surface area contributed by atoms with Crippen LogP contribution in [0.15, 0.2) is 12.1 Å². The van der Waals surface area contributed by atoms with E-state index in [2.05, 4.69) is 10.0 Å². The van der Waals surface area contributed by atoms with E-state index in [1.807, 2.05) is 30.5 Å². The lowest BCUT2D eigenvalue weighted by Gasteiger charge is -2.28. The van der Waals surface area contributed by atoms with Crippen LogP contribution in [0, 0.1) is 25.7 Å². The van der Waals surface area contributed by atoms with Crippen molar-refractivity contribution in [1.29, 1.82) is 0 Å². The molecule has 30 heavy (non-hydrogen) atoms. The van der Waals surface area contributed by atoms with E-state index in [0.717, 1.165) is 53.1 Å². The van der Waals surface area contributed by atoms with Gasteiger partial charge < -0.3 is 9.88 Å². The highest BCUT2D eigenvalue weighted by Gasteiger charge is 2.35. The van der Waals surface area contributed by atoms with Crippen LogP contribution in [0.2, 0.25) is 5.02 Å². The minimum atomic E-state index is -3.29. The minimum absolute atomic E-state index is 0.0569. The first-order chi connectivity index (χ1) is 14.1. The molecular formula is C22H30ClN3O3S. The summed E-state index contributed by atoms with van der Waals surface area (Å²) in [5, 5.41) is 4.71. The fourth-order valence-corrected chi connectivity index (χ4v) is 6.15. The lowest BCUT2D eigenvalue weighted by molar-refractivity contribution is 0.0919. The average Bonchev–Trinajstić information content (AvgIpc) is 3.14.